The standard InChI is InChI=1S/C27H31N3O2/c1-29(2)24-14-12-22(13-15-24)26(30-17-16-21-8-6-7-9-23(21)19-30)18-28-27(31)20-32-25-10-4-3-5-11-25/h3-15,26H,16-20H2,1-2H3,(H,28,31)/t26-/m1/s1. The van der Waals surface area contributed by atoms with E-state index in [-0.39, 0.29) is 18.6 Å². The van der Waals surface area contributed by atoms with E-state index in [0.29, 0.717) is 12.3 Å². The fraction of sp³-hybridized carbons (Fsp3) is 0.296. The van der Waals surface area contributed by atoms with Crippen molar-refractivity contribution >= 4 is 11.6 Å². The normalized spacial score (nSPS) is 14.3. The van der Waals surface area contributed by atoms with Crippen molar-refractivity contribution in [2.75, 3.05) is 38.7 Å². The Morgan fingerprint density at radius 1 is 0.969 bits per heavy atom. The average Bonchev–Trinajstić information content (AvgIpc) is 2.83. The second kappa shape index (κ2) is 10.3. The van der Waals surface area contributed by atoms with Gasteiger partial charge in [0.25, 0.3) is 5.91 Å². The first-order chi connectivity index (χ1) is 15.6. The van der Waals surface area contributed by atoms with Crippen molar-refractivity contribution in [3.05, 3.63) is 95.6 Å². The molecule has 0 aliphatic carbocycles. The summed E-state index contributed by atoms with van der Waals surface area (Å²) in [6.07, 6.45) is 1.02. The van der Waals surface area contributed by atoms with E-state index in [2.05, 4.69) is 63.6 Å². The van der Waals surface area contributed by atoms with Crippen molar-refractivity contribution in [1.82, 2.24) is 10.2 Å². The third-order valence-electron chi connectivity index (χ3n) is 6.00. The lowest BCUT2D eigenvalue weighted by molar-refractivity contribution is -0.123. The largest absolute Gasteiger partial charge is 0.484 e. The highest BCUT2D eigenvalue weighted by Crippen LogP contribution is 2.28. The van der Waals surface area contributed by atoms with Gasteiger partial charge in [-0.15, -0.1) is 0 Å². The van der Waals surface area contributed by atoms with E-state index in [9.17, 15) is 4.79 Å². The molecule has 0 bridgehead atoms. The van der Waals surface area contributed by atoms with Gasteiger partial charge in [-0.25, -0.2) is 0 Å². The van der Waals surface area contributed by atoms with Crippen LogP contribution in [-0.2, 0) is 17.8 Å². The Morgan fingerprint density at radius 2 is 1.66 bits per heavy atom. The highest BCUT2D eigenvalue weighted by atomic mass is 16.5. The first kappa shape index (κ1) is 21.9. The third kappa shape index (κ3) is 5.48. The van der Waals surface area contributed by atoms with Crippen LogP contribution >= 0.6 is 0 Å². The van der Waals surface area contributed by atoms with Gasteiger partial charge >= 0.3 is 0 Å². The van der Waals surface area contributed by atoms with Gasteiger partial charge in [-0.2, -0.15) is 0 Å². The number of carbonyl (C=O) groups excluding carboxylic acids is 1. The Hall–Kier alpha value is -3.31. The van der Waals surface area contributed by atoms with Crippen molar-refractivity contribution in [1.29, 1.82) is 0 Å². The number of ether oxygens (including phenoxy) is 1. The zero-order valence-corrected chi connectivity index (χ0v) is 18.8. The summed E-state index contributed by atoms with van der Waals surface area (Å²) < 4.78 is 5.61. The Balaban J connectivity index is 1.45. The highest BCUT2D eigenvalue weighted by Gasteiger charge is 2.25. The molecule has 0 fully saturated rings. The first-order valence-corrected chi connectivity index (χ1v) is 11.1. The van der Waals surface area contributed by atoms with E-state index < -0.39 is 0 Å². The van der Waals surface area contributed by atoms with Gasteiger partial charge in [-0.3, -0.25) is 9.69 Å². The van der Waals surface area contributed by atoms with Crippen LogP contribution in [0.1, 0.15) is 22.7 Å². The number of nitrogens with one attached hydrogen (secondary N) is 1. The van der Waals surface area contributed by atoms with Crippen LogP contribution in [0.25, 0.3) is 0 Å². The molecule has 1 N–H and O–H groups in total. The maximum absolute atomic E-state index is 12.5. The number of para-hydroxylation sites is 1. The molecule has 3 aromatic rings. The van der Waals surface area contributed by atoms with Crippen molar-refractivity contribution < 1.29 is 9.53 Å². The lowest BCUT2D eigenvalue weighted by Gasteiger charge is -2.36. The van der Waals surface area contributed by atoms with Crippen molar-refractivity contribution in [2.24, 2.45) is 0 Å². The molecule has 3 aromatic carbocycles. The van der Waals surface area contributed by atoms with Gasteiger partial charge in [0, 0.05) is 39.4 Å². The molecule has 4 rings (SSSR count). The van der Waals surface area contributed by atoms with Crippen molar-refractivity contribution in [2.45, 2.75) is 19.0 Å². The third-order valence-corrected chi connectivity index (χ3v) is 6.00. The summed E-state index contributed by atoms with van der Waals surface area (Å²) in [7, 11) is 4.09. The number of rotatable bonds is 8. The van der Waals surface area contributed by atoms with Crippen LogP contribution in [0.15, 0.2) is 78.9 Å². The molecule has 1 aliphatic heterocycles. The summed E-state index contributed by atoms with van der Waals surface area (Å²) >= 11 is 0. The molecule has 5 nitrogen and oxygen atoms in total. The highest BCUT2D eigenvalue weighted by molar-refractivity contribution is 5.77. The molecular formula is C27H31N3O2. The van der Waals surface area contributed by atoms with E-state index in [0.717, 1.165) is 25.2 Å². The Bertz CT molecular complexity index is 1020. The number of amides is 1. The second-order valence-electron chi connectivity index (χ2n) is 8.40. The van der Waals surface area contributed by atoms with Crippen LogP contribution in [0.5, 0.6) is 5.75 Å². The maximum atomic E-state index is 12.5. The molecule has 1 heterocycles. The van der Waals surface area contributed by atoms with Crippen LogP contribution in [0.3, 0.4) is 0 Å². The van der Waals surface area contributed by atoms with Crippen LogP contribution in [-0.4, -0.2) is 44.6 Å². The van der Waals surface area contributed by atoms with Gasteiger partial charge in [-0.05, 0) is 47.4 Å². The molecule has 5 heteroatoms. The quantitative estimate of drug-likeness (QED) is 0.587. The zero-order chi connectivity index (χ0) is 22.3. The van der Waals surface area contributed by atoms with Gasteiger partial charge in [0.15, 0.2) is 6.61 Å². The number of hydrogen-bond acceptors (Lipinski definition) is 4. The molecule has 0 unspecified atom stereocenters. The van der Waals surface area contributed by atoms with Crippen LogP contribution in [0, 0.1) is 0 Å². The zero-order valence-electron chi connectivity index (χ0n) is 18.8. The molecule has 0 spiro atoms. The molecule has 1 atom stereocenters. The molecule has 0 saturated carbocycles. The second-order valence-corrected chi connectivity index (χ2v) is 8.40. The molecule has 0 aromatic heterocycles. The molecular weight excluding hydrogens is 398 g/mol. The minimum atomic E-state index is -0.110. The summed E-state index contributed by atoms with van der Waals surface area (Å²) in [6, 6.07) is 26.8. The van der Waals surface area contributed by atoms with E-state index in [4.69, 9.17) is 4.74 Å². The minimum Gasteiger partial charge on any atom is -0.484 e. The SMILES string of the molecule is CN(C)c1ccc([C@@H](CNC(=O)COc2ccccc2)N2CCc3ccccc3C2)cc1. The topological polar surface area (TPSA) is 44.8 Å². The Kier molecular flexibility index (Phi) is 7.07. The lowest BCUT2D eigenvalue weighted by atomic mass is 9.96. The van der Waals surface area contributed by atoms with Crippen molar-refractivity contribution in [3.8, 4) is 5.75 Å². The molecule has 0 radical (unpaired) electrons. The van der Waals surface area contributed by atoms with Crippen LogP contribution < -0.4 is 15.0 Å². The van der Waals surface area contributed by atoms with Gasteiger partial charge in [-0.1, -0.05) is 54.6 Å². The smallest absolute Gasteiger partial charge is 0.258 e. The van der Waals surface area contributed by atoms with Gasteiger partial charge < -0.3 is 15.0 Å². The fourth-order valence-electron chi connectivity index (χ4n) is 4.16. The summed E-state index contributed by atoms with van der Waals surface area (Å²) in [5, 5.41) is 3.09. The molecule has 166 valence electrons. The van der Waals surface area contributed by atoms with Gasteiger partial charge in [0.2, 0.25) is 0 Å². The number of carbonyl (C=O) groups is 1. The van der Waals surface area contributed by atoms with E-state index in [1.54, 1.807) is 0 Å². The summed E-state index contributed by atoms with van der Waals surface area (Å²) in [5.41, 5.74) is 5.16. The average molecular weight is 430 g/mol. The predicted octanol–water partition coefficient (Wildman–Crippen LogP) is 4.05. The Morgan fingerprint density at radius 3 is 2.38 bits per heavy atom. The monoisotopic (exact) mass is 429 g/mol. The van der Waals surface area contributed by atoms with E-state index in [1.165, 1.54) is 16.7 Å². The number of anilines is 1. The maximum Gasteiger partial charge on any atom is 0.258 e. The van der Waals surface area contributed by atoms with E-state index >= 15 is 0 Å². The molecule has 0 saturated heterocycles. The molecule has 1 aliphatic rings. The minimum absolute atomic E-state index is 0.0130. The number of benzene rings is 3. The number of fused-ring (bicyclic) bond motifs is 1. The summed E-state index contributed by atoms with van der Waals surface area (Å²) in [6.45, 7) is 2.40. The summed E-state index contributed by atoms with van der Waals surface area (Å²) in [4.78, 5) is 17.1. The van der Waals surface area contributed by atoms with Crippen LogP contribution in [0.2, 0.25) is 0 Å². The molecule has 32 heavy (non-hydrogen) atoms. The number of nitrogens with zero attached hydrogens (tertiary/aromatic N) is 2. The first-order valence-electron chi connectivity index (χ1n) is 11.1. The lowest BCUT2D eigenvalue weighted by Crippen LogP contribution is -2.41. The van der Waals surface area contributed by atoms with Gasteiger partial charge in [0.05, 0.1) is 6.04 Å². The van der Waals surface area contributed by atoms with Crippen molar-refractivity contribution in [3.63, 3.8) is 0 Å². The Labute approximate surface area is 190 Å². The number of hydrogen-bond donors (Lipinski definition) is 1. The summed E-state index contributed by atoms with van der Waals surface area (Å²) in [5.74, 6) is 0.590. The predicted molar refractivity (Wildman–Crippen MR) is 129 cm³/mol. The molecule has 1 amide bonds. The van der Waals surface area contributed by atoms with E-state index in [1.807, 2.05) is 44.4 Å². The van der Waals surface area contributed by atoms with Crippen LogP contribution in [0.4, 0.5) is 5.69 Å². The van der Waals surface area contributed by atoms with Gasteiger partial charge in [0.1, 0.15) is 5.75 Å². The fourth-order valence-corrected chi connectivity index (χ4v) is 4.16.